The van der Waals surface area contributed by atoms with Crippen LogP contribution in [0.15, 0.2) is 47.6 Å². The summed E-state index contributed by atoms with van der Waals surface area (Å²) in [5.74, 6) is -8.37. The van der Waals surface area contributed by atoms with Gasteiger partial charge in [-0.3, -0.25) is 14.4 Å². The molecule has 3 fully saturated rings. The van der Waals surface area contributed by atoms with Crippen LogP contribution in [0.5, 0.6) is 0 Å². The third kappa shape index (κ3) is 27.1. The van der Waals surface area contributed by atoms with Crippen molar-refractivity contribution >= 4 is 29.5 Å². The Hall–Kier alpha value is -4.05. The number of alkyl carbamates (subject to hydrolysis) is 1. The van der Waals surface area contributed by atoms with Crippen LogP contribution >= 0.6 is 0 Å². The molecule has 4 aliphatic rings. The molecule has 23 heteroatoms. The number of aliphatic hydroxyl groups is 4. The van der Waals surface area contributed by atoms with E-state index in [4.69, 9.17) is 56.8 Å². The fourth-order valence-corrected chi connectivity index (χ4v) is 12.0. The normalized spacial score (nSPS) is 33.2. The Morgan fingerprint density at radius 2 is 1.31 bits per heavy atom. The van der Waals surface area contributed by atoms with E-state index < -0.39 is 108 Å². The van der Waals surface area contributed by atoms with E-state index >= 15 is 0 Å². The van der Waals surface area contributed by atoms with Crippen molar-refractivity contribution in [2.24, 2.45) is 35.5 Å². The molecule has 5 unspecified atom stereocenters. The van der Waals surface area contributed by atoms with Crippen LogP contribution in [-0.4, -0.2) is 235 Å². The second-order valence-electron chi connectivity index (χ2n) is 24.8. The number of hydrogen-bond acceptors (Lipinski definition) is 21. The smallest absolute Gasteiger partial charge is 0.407 e. The number of allylic oxidation sites excluding steroid dienone is 5. The molecule has 0 aromatic carbocycles. The average molecular weight is 1280 g/mol. The van der Waals surface area contributed by atoms with E-state index in [2.05, 4.69) is 5.32 Å². The number of cyclic esters (lactones) is 1. The third-order valence-corrected chi connectivity index (χ3v) is 17.6. The molecule has 1 aliphatic carbocycles. The number of amides is 2. The molecule has 16 atom stereocenters. The van der Waals surface area contributed by atoms with Crippen LogP contribution < -0.4 is 5.32 Å². The third-order valence-electron chi connectivity index (χ3n) is 17.6. The van der Waals surface area contributed by atoms with Crippen molar-refractivity contribution < 1.29 is 101 Å². The second-order valence-corrected chi connectivity index (χ2v) is 24.8. The van der Waals surface area contributed by atoms with Crippen LogP contribution in [0.2, 0.25) is 0 Å². The molecule has 23 nitrogen and oxygen atoms in total. The second kappa shape index (κ2) is 43.0. The maximum Gasteiger partial charge on any atom is 0.407 e. The lowest BCUT2D eigenvalue weighted by molar-refractivity contribution is -0.265. The number of aliphatic hydroxyl groups excluding tert-OH is 3. The topological polar surface area (TPSA) is 292 Å². The number of rotatable bonds is 28. The highest BCUT2D eigenvalue weighted by Gasteiger charge is 2.53. The van der Waals surface area contributed by atoms with Crippen molar-refractivity contribution in [3.63, 3.8) is 0 Å². The Bertz CT molecular complexity index is 2230. The number of Topliss-reactive ketones (excluding diaryl/α,β-unsaturated/α-hetero) is 2. The van der Waals surface area contributed by atoms with Gasteiger partial charge in [0.15, 0.2) is 5.78 Å². The van der Waals surface area contributed by atoms with E-state index in [1.165, 1.54) is 4.90 Å². The summed E-state index contributed by atoms with van der Waals surface area (Å²) < 4.78 is 68.5. The molecule has 0 aromatic heterocycles. The van der Waals surface area contributed by atoms with Crippen LogP contribution in [0, 0.1) is 35.5 Å². The van der Waals surface area contributed by atoms with Gasteiger partial charge in [-0.05, 0) is 114 Å². The van der Waals surface area contributed by atoms with Crippen molar-refractivity contribution in [2.45, 2.75) is 193 Å². The summed E-state index contributed by atoms with van der Waals surface area (Å²) in [7, 11) is 3.12. The number of hydrogen-bond donors (Lipinski definition) is 5. The van der Waals surface area contributed by atoms with E-state index in [1.54, 1.807) is 48.0 Å². The highest BCUT2D eigenvalue weighted by molar-refractivity contribution is 6.39. The first-order chi connectivity index (χ1) is 43.1. The molecule has 1 saturated carbocycles. The molecule has 3 aliphatic heterocycles. The molecule has 516 valence electrons. The van der Waals surface area contributed by atoms with Crippen LogP contribution in [0.1, 0.15) is 132 Å². The van der Waals surface area contributed by atoms with Gasteiger partial charge in [0.25, 0.3) is 11.7 Å². The van der Waals surface area contributed by atoms with E-state index in [-0.39, 0.29) is 62.3 Å². The first-order valence-electron chi connectivity index (χ1n) is 32.9. The molecule has 3 heterocycles. The monoisotopic (exact) mass is 1280 g/mol. The van der Waals surface area contributed by atoms with Gasteiger partial charge >= 0.3 is 12.1 Å². The van der Waals surface area contributed by atoms with Crippen molar-refractivity contribution in [1.29, 1.82) is 0 Å². The van der Waals surface area contributed by atoms with Gasteiger partial charge < -0.3 is 87.5 Å². The maximum atomic E-state index is 14.7. The number of ketones is 2. The zero-order chi connectivity index (χ0) is 66.0. The Balaban J connectivity index is 1.37. The zero-order valence-corrected chi connectivity index (χ0v) is 55.6. The first-order valence-corrected chi connectivity index (χ1v) is 32.9. The van der Waals surface area contributed by atoms with E-state index in [0.717, 1.165) is 5.57 Å². The summed E-state index contributed by atoms with van der Waals surface area (Å²) in [4.78, 5) is 71.2. The van der Waals surface area contributed by atoms with Crippen molar-refractivity contribution in [2.75, 3.05) is 120 Å². The van der Waals surface area contributed by atoms with Gasteiger partial charge in [-0.25, -0.2) is 9.59 Å². The molecule has 90 heavy (non-hydrogen) atoms. The summed E-state index contributed by atoms with van der Waals surface area (Å²) in [5.41, 5.74) is 1.13. The molecule has 4 rings (SSSR count). The van der Waals surface area contributed by atoms with Crippen LogP contribution in [0.3, 0.4) is 0 Å². The molecule has 0 radical (unpaired) electrons. The van der Waals surface area contributed by atoms with Gasteiger partial charge in [0.05, 0.1) is 110 Å². The largest absolute Gasteiger partial charge is 0.460 e. The Morgan fingerprint density at radius 1 is 0.700 bits per heavy atom. The highest BCUT2D eigenvalue weighted by Crippen LogP contribution is 2.38. The average Bonchev–Trinajstić information content (AvgIpc) is 0.874. The van der Waals surface area contributed by atoms with E-state index in [1.807, 2.05) is 58.1 Å². The Morgan fingerprint density at radius 3 is 1.91 bits per heavy atom. The van der Waals surface area contributed by atoms with Gasteiger partial charge in [-0.2, -0.15) is 0 Å². The number of nitrogens with zero attached hydrogens (tertiary/aromatic N) is 1. The van der Waals surface area contributed by atoms with Crippen LogP contribution in [0.25, 0.3) is 0 Å². The minimum Gasteiger partial charge on any atom is -0.460 e. The molecular formula is C67H112N2O21. The number of carbonyl (C=O) groups is 5. The number of methoxy groups -OCH3 is 2. The van der Waals surface area contributed by atoms with Gasteiger partial charge in [-0.15, -0.1) is 0 Å². The maximum absolute atomic E-state index is 14.7. The van der Waals surface area contributed by atoms with Gasteiger partial charge in [-0.1, -0.05) is 71.1 Å². The molecule has 2 saturated heterocycles. The lowest BCUT2D eigenvalue weighted by atomic mass is 9.78. The minimum absolute atomic E-state index is 0.0107. The van der Waals surface area contributed by atoms with E-state index in [0.29, 0.717) is 144 Å². The quantitative estimate of drug-likeness (QED) is 0.0253. The summed E-state index contributed by atoms with van der Waals surface area (Å²) in [6.07, 6.45) is 7.85. The Labute approximate surface area is 535 Å². The fraction of sp³-hybridized carbons (Fsp3) is 0.806. The summed E-state index contributed by atoms with van der Waals surface area (Å²) in [6.45, 7) is 21.0. The number of nitrogens with one attached hydrogen (secondary N) is 1. The Kier molecular flexibility index (Phi) is 37.5. The van der Waals surface area contributed by atoms with Crippen molar-refractivity contribution in [1.82, 2.24) is 10.2 Å². The first kappa shape index (κ1) is 78.4. The summed E-state index contributed by atoms with van der Waals surface area (Å²) >= 11 is 0. The molecule has 2 amide bonds. The molecule has 0 aromatic rings. The number of carbonyl (C=O) groups excluding carboxylic acids is 5. The predicted octanol–water partition coefficient (Wildman–Crippen LogP) is 6.19. The van der Waals surface area contributed by atoms with Crippen LogP contribution in [-0.2, 0) is 76.0 Å². The summed E-state index contributed by atoms with van der Waals surface area (Å²) in [5, 5.41) is 49.2. The molecule has 5 N–H and O–H groups in total. The van der Waals surface area contributed by atoms with Crippen LogP contribution in [0.4, 0.5) is 4.79 Å². The van der Waals surface area contributed by atoms with E-state index in [9.17, 15) is 44.4 Å². The number of fused-ring (bicyclic) bond motifs is 3. The lowest BCUT2D eigenvalue weighted by Gasteiger charge is -2.43. The van der Waals surface area contributed by atoms with Crippen molar-refractivity contribution in [3.8, 4) is 0 Å². The molecular weight excluding hydrogens is 1170 g/mol. The fourth-order valence-electron chi connectivity index (χ4n) is 12.0. The van der Waals surface area contributed by atoms with Gasteiger partial charge in [0, 0.05) is 64.5 Å². The number of ether oxygens (including phenoxy) is 12. The van der Waals surface area contributed by atoms with Gasteiger partial charge in [0.2, 0.25) is 5.79 Å². The standard InChI is InChI=1S/C67H112N2O21/c1-11-81-27-28-83-31-32-85-35-36-87-38-37-86-34-33-84-30-29-82-26-24-68-66(77)89-56-23-21-52(42-59(56)80-10)41-48(5)58-44-55(70)47(4)40-50(7)61(72)62(73)60(71)49(6)39-45(2)17-13-12-14-18-46(3)57(79-9)43-53-22-20-51(8)67(78,90-53)63(74)64(75)69-25-16-15-19-54(69)65(76)88-58/h12-14,17-18,40,45,47-49,51-59,61-62,70,72-73,78H,11,15-16,19-39,41-44H2,1-10H3,(H,68,77)/b14-12+,17-13+,46-18+,50-40+/t45?,47?,48-,49?,51-,52+,53+,54?,55-,56-,57+,58?,59-,61-,62+,67-/m1/s1. The highest BCUT2D eigenvalue weighted by atomic mass is 16.6. The summed E-state index contributed by atoms with van der Waals surface area (Å²) in [6, 6.07) is -1.18. The van der Waals surface area contributed by atoms with Crippen molar-refractivity contribution in [3.05, 3.63) is 47.6 Å². The number of esters is 1. The number of piperidine rings is 1. The minimum atomic E-state index is -2.47. The molecule has 0 spiro atoms. The molecule has 2 bridgehead atoms. The lowest BCUT2D eigenvalue weighted by Crippen LogP contribution is -2.61. The SMILES string of the molecule is CCOCCOCCOCCOCCOCCOCCOCCNC(=O)O[C@@H]1CC[C@@H](C[C@@H](C)C2C[C@@H](O)C(C)/C=C(\C)[C@@H](O)[C@@H](O)C(=O)C(C)CC(C)/C=C/C=C/C=C(\C)[C@@H](OC)C[C@@H]3CC[C@@H](C)[C@@](O)(O3)C(=O)C(=O)N3CCCCC3C(=O)O2)C[C@H]1OC. The van der Waals surface area contributed by atoms with Gasteiger partial charge in [0.1, 0.15) is 30.5 Å². The zero-order valence-electron chi connectivity index (χ0n) is 55.6. The predicted molar refractivity (Wildman–Crippen MR) is 335 cm³/mol.